The van der Waals surface area contributed by atoms with Crippen LogP contribution in [0.25, 0.3) is 26.8 Å². The largest absolute Gasteiger partial charge is 0.493 e. The number of rotatable bonds is 2. The number of hydrogen-bond donors (Lipinski definition) is 1. The lowest BCUT2D eigenvalue weighted by molar-refractivity contribution is 0.326. The fourth-order valence-electron chi connectivity index (χ4n) is 3.32. The Labute approximate surface area is 163 Å². The summed E-state index contributed by atoms with van der Waals surface area (Å²) in [6.07, 6.45) is 0.807. The minimum absolute atomic E-state index is 0.314. The number of H-pyrrole nitrogens is 1. The predicted octanol–water partition coefficient (Wildman–Crippen LogP) is 4.54. The summed E-state index contributed by atoms with van der Waals surface area (Å²) < 4.78 is 7.38. The summed E-state index contributed by atoms with van der Waals surface area (Å²) in [5.74, 6) is 1.44. The molecule has 1 aliphatic rings. The fraction of sp³-hybridized carbons (Fsp3) is 0.100. The van der Waals surface area contributed by atoms with Crippen molar-refractivity contribution in [3.05, 3.63) is 75.7 Å². The minimum Gasteiger partial charge on any atom is -0.493 e. The third kappa shape index (κ3) is 2.69. The molecule has 7 heteroatoms. The van der Waals surface area contributed by atoms with Gasteiger partial charge in [0.25, 0.3) is 0 Å². The molecule has 2 aromatic heterocycles. The van der Waals surface area contributed by atoms with E-state index in [1.54, 1.807) is 17.4 Å². The number of ether oxygens (including phenoxy) is 1. The Morgan fingerprint density at radius 1 is 1.15 bits per heavy atom. The minimum atomic E-state index is -0.314. The van der Waals surface area contributed by atoms with Crippen LogP contribution in [0.3, 0.4) is 0 Å². The second-order valence-electron chi connectivity index (χ2n) is 6.20. The molecule has 0 fully saturated rings. The van der Waals surface area contributed by atoms with Crippen LogP contribution in [0.4, 0.5) is 0 Å². The van der Waals surface area contributed by atoms with Gasteiger partial charge in [0.2, 0.25) is 0 Å². The number of aromatic nitrogens is 3. The molecule has 0 saturated carbocycles. The van der Waals surface area contributed by atoms with Crippen molar-refractivity contribution in [3.8, 4) is 32.6 Å². The lowest BCUT2D eigenvalue weighted by Gasteiger charge is -2.07. The third-order valence-corrected chi connectivity index (χ3v) is 6.08. The zero-order chi connectivity index (χ0) is 18.4. The average molecular weight is 396 g/mol. The number of thiophene rings is 1. The van der Waals surface area contributed by atoms with Gasteiger partial charge in [-0.25, -0.2) is 14.5 Å². The van der Waals surface area contributed by atoms with Crippen LogP contribution in [-0.2, 0) is 6.42 Å². The molecule has 0 bridgehead atoms. The van der Waals surface area contributed by atoms with Crippen LogP contribution in [0.5, 0.6) is 5.75 Å². The summed E-state index contributed by atoms with van der Waals surface area (Å²) in [6, 6.07) is 17.4. The van der Waals surface area contributed by atoms with Crippen LogP contribution < -0.4 is 10.4 Å². The molecule has 5 rings (SSSR count). The molecular formula is C20H14ClN3O2S. The Kier molecular flexibility index (Phi) is 3.88. The van der Waals surface area contributed by atoms with Gasteiger partial charge in [0, 0.05) is 16.9 Å². The van der Waals surface area contributed by atoms with Gasteiger partial charge in [-0.05, 0) is 35.9 Å². The summed E-state index contributed by atoms with van der Waals surface area (Å²) in [7, 11) is 0. The van der Waals surface area contributed by atoms with E-state index in [0.717, 1.165) is 27.5 Å². The number of nitrogens with one attached hydrogen (secondary N) is 1. The molecule has 134 valence electrons. The molecule has 1 aliphatic heterocycles. The van der Waals surface area contributed by atoms with Gasteiger partial charge < -0.3 is 4.74 Å². The van der Waals surface area contributed by atoms with Gasteiger partial charge in [-0.3, -0.25) is 0 Å². The second-order valence-corrected chi connectivity index (χ2v) is 7.66. The first kappa shape index (κ1) is 16.4. The fourth-order valence-corrected chi connectivity index (χ4v) is 4.76. The topological polar surface area (TPSA) is 59.9 Å². The molecule has 27 heavy (non-hydrogen) atoms. The molecule has 3 heterocycles. The Morgan fingerprint density at radius 2 is 1.96 bits per heavy atom. The number of fused-ring (bicyclic) bond motifs is 3. The highest BCUT2D eigenvalue weighted by molar-refractivity contribution is 7.19. The van der Waals surface area contributed by atoms with E-state index in [2.05, 4.69) is 22.3 Å². The molecule has 0 spiro atoms. The van der Waals surface area contributed by atoms with E-state index in [1.165, 1.54) is 10.1 Å². The second kappa shape index (κ2) is 6.40. The maximum absolute atomic E-state index is 12.4. The SMILES string of the molecule is O=c1[nH]nc(-c2cc3c(s2)-c2ccccc2OCC3)n1-c1ccccc1Cl. The zero-order valence-corrected chi connectivity index (χ0v) is 15.7. The van der Waals surface area contributed by atoms with Gasteiger partial charge in [-0.15, -0.1) is 11.3 Å². The number of benzene rings is 2. The number of nitrogens with zero attached hydrogens (tertiary/aromatic N) is 2. The lowest BCUT2D eigenvalue weighted by Crippen LogP contribution is -2.15. The maximum Gasteiger partial charge on any atom is 0.348 e. The standard InChI is InChI=1S/C20H14ClN3O2S/c21-14-6-2-3-7-15(14)24-19(22-23-20(24)25)17-11-12-9-10-26-16-8-4-1-5-13(16)18(12)27-17/h1-8,11H,9-10H2,(H,23,25). The highest BCUT2D eigenvalue weighted by Crippen LogP contribution is 2.43. The Bertz CT molecular complexity index is 1210. The Morgan fingerprint density at radius 3 is 2.85 bits per heavy atom. The molecule has 2 aromatic carbocycles. The quantitative estimate of drug-likeness (QED) is 0.542. The first-order valence-corrected chi connectivity index (χ1v) is 9.69. The summed E-state index contributed by atoms with van der Waals surface area (Å²) >= 11 is 7.93. The molecule has 4 aromatic rings. The first-order valence-electron chi connectivity index (χ1n) is 8.50. The number of halogens is 1. The van der Waals surface area contributed by atoms with Crippen molar-refractivity contribution in [1.82, 2.24) is 14.8 Å². The molecule has 0 aliphatic carbocycles. The van der Waals surface area contributed by atoms with Crippen molar-refractivity contribution in [2.45, 2.75) is 6.42 Å². The predicted molar refractivity (Wildman–Crippen MR) is 107 cm³/mol. The van der Waals surface area contributed by atoms with Crippen LogP contribution in [0.15, 0.2) is 59.4 Å². The Balaban J connectivity index is 1.70. The normalized spacial score (nSPS) is 12.8. The van der Waals surface area contributed by atoms with Crippen LogP contribution >= 0.6 is 22.9 Å². The monoisotopic (exact) mass is 395 g/mol. The summed E-state index contributed by atoms with van der Waals surface area (Å²) in [6.45, 7) is 0.623. The number of hydrogen-bond acceptors (Lipinski definition) is 4. The number of aromatic amines is 1. The summed E-state index contributed by atoms with van der Waals surface area (Å²) in [5.41, 5.74) is 2.57. The van der Waals surface area contributed by atoms with Gasteiger partial charge in [0.1, 0.15) is 5.75 Å². The molecule has 0 amide bonds. The van der Waals surface area contributed by atoms with Gasteiger partial charge in [-0.1, -0.05) is 35.9 Å². The van der Waals surface area contributed by atoms with Crippen molar-refractivity contribution < 1.29 is 4.74 Å². The van der Waals surface area contributed by atoms with Crippen molar-refractivity contribution in [1.29, 1.82) is 0 Å². The van der Waals surface area contributed by atoms with Crippen molar-refractivity contribution in [3.63, 3.8) is 0 Å². The van der Waals surface area contributed by atoms with Gasteiger partial charge >= 0.3 is 5.69 Å². The van der Waals surface area contributed by atoms with E-state index in [4.69, 9.17) is 16.3 Å². The van der Waals surface area contributed by atoms with Crippen molar-refractivity contribution in [2.75, 3.05) is 6.61 Å². The highest BCUT2D eigenvalue weighted by atomic mass is 35.5. The van der Waals surface area contributed by atoms with E-state index in [1.807, 2.05) is 36.4 Å². The number of para-hydroxylation sites is 2. The summed E-state index contributed by atoms with van der Waals surface area (Å²) in [5, 5.41) is 7.33. The van der Waals surface area contributed by atoms with E-state index in [-0.39, 0.29) is 5.69 Å². The molecular weight excluding hydrogens is 382 g/mol. The van der Waals surface area contributed by atoms with Crippen molar-refractivity contribution >= 4 is 22.9 Å². The molecule has 0 radical (unpaired) electrons. The highest BCUT2D eigenvalue weighted by Gasteiger charge is 2.22. The maximum atomic E-state index is 12.4. The van der Waals surface area contributed by atoms with E-state index in [0.29, 0.717) is 23.1 Å². The zero-order valence-electron chi connectivity index (χ0n) is 14.1. The van der Waals surface area contributed by atoms with E-state index in [9.17, 15) is 4.79 Å². The smallest absolute Gasteiger partial charge is 0.348 e. The molecule has 1 N–H and O–H groups in total. The van der Waals surface area contributed by atoms with E-state index >= 15 is 0 Å². The van der Waals surface area contributed by atoms with Crippen LogP contribution in [0, 0.1) is 0 Å². The molecule has 5 nitrogen and oxygen atoms in total. The molecule has 0 atom stereocenters. The average Bonchev–Trinajstić information content (AvgIpc) is 3.22. The van der Waals surface area contributed by atoms with Gasteiger partial charge in [0.05, 0.1) is 22.2 Å². The summed E-state index contributed by atoms with van der Waals surface area (Å²) in [4.78, 5) is 14.5. The van der Waals surface area contributed by atoms with Crippen LogP contribution in [0.2, 0.25) is 5.02 Å². The van der Waals surface area contributed by atoms with Gasteiger partial charge in [-0.2, -0.15) is 5.10 Å². The first-order chi connectivity index (χ1) is 13.2. The molecule has 0 saturated heterocycles. The molecule has 0 unspecified atom stereocenters. The van der Waals surface area contributed by atoms with Crippen LogP contribution in [0.1, 0.15) is 5.56 Å². The lowest BCUT2D eigenvalue weighted by atomic mass is 10.1. The Hall–Kier alpha value is -2.83. The third-order valence-electron chi connectivity index (χ3n) is 4.56. The van der Waals surface area contributed by atoms with Crippen molar-refractivity contribution in [2.24, 2.45) is 0 Å². The van der Waals surface area contributed by atoms with Gasteiger partial charge in [0.15, 0.2) is 5.82 Å². The van der Waals surface area contributed by atoms with Crippen LogP contribution in [-0.4, -0.2) is 21.4 Å². The van der Waals surface area contributed by atoms with E-state index < -0.39 is 0 Å².